The highest BCUT2D eigenvalue weighted by molar-refractivity contribution is 7.00. The molecule has 0 spiro atoms. The molecule has 4 aromatic rings. The molecular weight excluding hydrogens is 274 g/mol. The zero-order valence-corrected chi connectivity index (χ0v) is 11.6. The normalized spacial score (nSPS) is 11.5. The molecule has 0 fully saturated rings. The van der Waals surface area contributed by atoms with Crippen molar-refractivity contribution in [2.75, 3.05) is 0 Å². The summed E-state index contributed by atoms with van der Waals surface area (Å²) in [4.78, 5) is 4.48. The van der Waals surface area contributed by atoms with Crippen molar-refractivity contribution < 1.29 is 4.63 Å². The Kier molecular flexibility index (Phi) is 2.31. The first-order chi connectivity index (χ1) is 9.75. The molecule has 0 aliphatic carbocycles. The highest BCUT2D eigenvalue weighted by atomic mass is 32.1. The summed E-state index contributed by atoms with van der Waals surface area (Å²) in [7, 11) is 0. The summed E-state index contributed by atoms with van der Waals surface area (Å²) in [6, 6.07) is 4.00. The molecule has 0 atom stereocenters. The van der Waals surface area contributed by atoms with Crippen molar-refractivity contribution >= 4 is 33.8 Å². The molecule has 0 saturated carbocycles. The molecule has 6 nitrogen and oxygen atoms in total. The van der Waals surface area contributed by atoms with Gasteiger partial charge in [0.1, 0.15) is 22.2 Å². The Morgan fingerprint density at radius 3 is 2.60 bits per heavy atom. The number of benzene rings is 1. The lowest BCUT2D eigenvalue weighted by Gasteiger charge is -2.04. The van der Waals surface area contributed by atoms with Gasteiger partial charge in [-0.2, -0.15) is 8.75 Å². The summed E-state index contributed by atoms with van der Waals surface area (Å²) in [5, 5.41) is 7.91. The lowest BCUT2D eigenvalue weighted by molar-refractivity contribution is 0.315. The Hall–Kier alpha value is -2.41. The van der Waals surface area contributed by atoms with Crippen molar-refractivity contribution in [2.24, 2.45) is 0 Å². The van der Waals surface area contributed by atoms with Crippen molar-refractivity contribution in [1.82, 2.24) is 24.0 Å². The Morgan fingerprint density at radius 2 is 1.70 bits per heavy atom. The van der Waals surface area contributed by atoms with E-state index in [1.807, 2.05) is 26.0 Å². The van der Waals surface area contributed by atoms with Crippen molar-refractivity contribution in [1.29, 1.82) is 0 Å². The van der Waals surface area contributed by atoms with Crippen LogP contribution in [0.25, 0.3) is 33.3 Å². The lowest BCUT2D eigenvalue weighted by atomic mass is 10.0. The van der Waals surface area contributed by atoms with Gasteiger partial charge < -0.3 is 0 Å². The van der Waals surface area contributed by atoms with Crippen molar-refractivity contribution in [3.8, 4) is 11.3 Å². The van der Waals surface area contributed by atoms with Crippen molar-refractivity contribution in [2.45, 2.75) is 13.8 Å². The van der Waals surface area contributed by atoms with E-state index in [-0.39, 0.29) is 0 Å². The number of pyridine rings is 1. The first kappa shape index (κ1) is 11.4. The first-order valence-corrected chi connectivity index (χ1v) is 6.79. The van der Waals surface area contributed by atoms with Gasteiger partial charge in [-0.05, 0) is 35.3 Å². The van der Waals surface area contributed by atoms with E-state index in [1.54, 1.807) is 6.20 Å². The predicted octanol–water partition coefficient (Wildman–Crippen LogP) is 2.91. The molecule has 4 rings (SSSR count). The van der Waals surface area contributed by atoms with E-state index in [4.69, 9.17) is 4.63 Å². The number of aryl methyl sites for hydroxylation is 2. The monoisotopic (exact) mass is 283 g/mol. The molecule has 0 unspecified atom stereocenters. The van der Waals surface area contributed by atoms with Gasteiger partial charge in [0.25, 0.3) is 0 Å². The third-order valence-electron chi connectivity index (χ3n) is 3.35. The minimum atomic E-state index is 0.656. The summed E-state index contributed by atoms with van der Waals surface area (Å²) in [6.45, 7) is 3.95. The van der Waals surface area contributed by atoms with Crippen LogP contribution < -0.4 is 0 Å². The van der Waals surface area contributed by atoms with Crippen LogP contribution in [-0.4, -0.2) is 24.0 Å². The van der Waals surface area contributed by atoms with Crippen LogP contribution in [-0.2, 0) is 0 Å². The van der Waals surface area contributed by atoms with Crippen LogP contribution in [0, 0.1) is 13.8 Å². The fourth-order valence-corrected chi connectivity index (χ4v) is 2.88. The molecule has 20 heavy (non-hydrogen) atoms. The van der Waals surface area contributed by atoms with E-state index in [0.717, 1.165) is 38.9 Å². The third kappa shape index (κ3) is 1.47. The Labute approximate surface area is 117 Å². The largest absolute Gasteiger partial charge is 0.253 e. The predicted molar refractivity (Wildman–Crippen MR) is 75.5 cm³/mol. The van der Waals surface area contributed by atoms with Crippen LogP contribution in [0.5, 0.6) is 0 Å². The second kappa shape index (κ2) is 4.04. The van der Waals surface area contributed by atoms with E-state index < -0.39 is 0 Å². The van der Waals surface area contributed by atoms with Gasteiger partial charge in [0, 0.05) is 11.8 Å². The van der Waals surface area contributed by atoms with Crippen LogP contribution in [0.3, 0.4) is 0 Å². The average molecular weight is 283 g/mol. The average Bonchev–Trinajstić information content (AvgIpc) is 3.09. The number of aromatic nitrogens is 5. The van der Waals surface area contributed by atoms with Crippen LogP contribution in [0.2, 0.25) is 0 Å². The summed E-state index contributed by atoms with van der Waals surface area (Å²) in [6.07, 6.45) is 1.77. The first-order valence-electron chi connectivity index (χ1n) is 6.06. The number of fused-ring (bicyclic) bond motifs is 2. The molecule has 0 N–H and O–H groups in total. The maximum absolute atomic E-state index is 4.85. The maximum Gasteiger partial charge on any atom is 0.161 e. The van der Waals surface area contributed by atoms with Gasteiger partial charge in [-0.1, -0.05) is 12.1 Å². The van der Waals surface area contributed by atoms with Crippen molar-refractivity contribution in [3.63, 3.8) is 0 Å². The molecule has 3 aromatic heterocycles. The van der Waals surface area contributed by atoms with Gasteiger partial charge >= 0.3 is 0 Å². The second-order valence-electron chi connectivity index (χ2n) is 4.64. The molecule has 0 bridgehead atoms. The molecule has 7 heteroatoms. The molecule has 3 heterocycles. The highest BCUT2D eigenvalue weighted by Gasteiger charge is 2.17. The van der Waals surface area contributed by atoms with E-state index in [0.29, 0.717) is 5.52 Å². The summed E-state index contributed by atoms with van der Waals surface area (Å²) >= 11 is 1.20. The van der Waals surface area contributed by atoms with E-state index >= 15 is 0 Å². The van der Waals surface area contributed by atoms with E-state index in [2.05, 4.69) is 24.0 Å². The fraction of sp³-hybridized carbons (Fsp3) is 0.154. The maximum atomic E-state index is 4.85. The van der Waals surface area contributed by atoms with Crippen molar-refractivity contribution in [3.05, 3.63) is 29.5 Å². The molecule has 0 saturated heterocycles. The SMILES string of the molecule is Cc1ccc(-c2ncc(C)c3nonc23)c2nsnc12. The Balaban J connectivity index is 2.12. The number of rotatable bonds is 1. The minimum absolute atomic E-state index is 0.656. The Morgan fingerprint density at radius 1 is 0.900 bits per heavy atom. The third-order valence-corrected chi connectivity index (χ3v) is 3.87. The number of nitrogens with zero attached hydrogens (tertiary/aromatic N) is 5. The van der Waals surface area contributed by atoms with Crippen LogP contribution in [0.4, 0.5) is 0 Å². The van der Waals surface area contributed by atoms with Crippen LogP contribution in [0.15, 0.2) is 23.0 Å². The molecule has 1 aromatic carbocycles. The topological polar surface area (TPSA) is 77.6 Å². The second-order valence-corrected chi connectivity index (χ2v) is 5.17. The highest BCUT2D eigenvalue weighted by Crippen LogP contribution is 2.32. The van der Waals surface area contributed by atoms with Crippen LogP contribution in [0.1, 0.15) is 11.1 Å². The van der Waals surface area contributed by atoms with Gasteiger partial charge in [-0.25, -0.2) is 4.63 Å². The van der Waals surface area contributed by atoms with Gasteiger partial charge in [-0.15, -0.1) is 0 Å². The molecule has 0 radical (unpaired) electrons. The molecule has 0 aliphatic heterocycles. The summed E-state index contributed by atoms with van der Waals surface area (Å²) in [5.41, 5.74) is 6.79. The summed E-state index contributed by atoms with van der Waals surface area (Å²) < 4.78 is 13.6. The number of hydrogen-bond acceptors (Lipinski definition) is 7. The van der Waals surface area contributed by atoms with Gasteiger partial charge in [0.2, 0.25) is 0 Å². The van der Waals surface area contributed by atoms with Gasteiger partial charge in [0.05, 0.1) is 11.7 Å². The van der Waals surface area contributed by atoms with Crippen LogP contribution >= 0.6 is 11.7 Å². The van der Waals surface area contributed by atoms with Gasteiger partial charge in [0.15, 0.2) is 5.52 Å². The Bertz CT molecular complexity index is 864. The van der Waals surface area contributed by atoms with E-state index in [9.17, 15) is 0 Å². The molecule has 98 valence electrons. The zero-order chi connectivity index (χ0) is 13.7. The molecule has 0 amide bonds. The van der Waals surface area contributed by atoms with E-state index in [1.165, 1.54) is 11.7 Å². The molecule has 0 aliphatic rings. The molecular formula is C13H9N5OS. The number of hydrogen-bond donors (Lipinski definition) is 0. The smallest absolute Gasteiger partial charge is 0.161 e. The minimum Gasteiger partial charge on any atom is -0.253 e. The summed E-state index contributed by atoms with van der Waals surface area (Å²) in [5.74, 6) is 0. The quantitative estimate of drug-likeness (QED) is 0.534. The fourth-order valence-electron chi connectivity index (χ4n) is 2.26. The zero-order valence-electron chi connectivity index (χ0n) is 10.8. The standard InChI is InChI=1S/C13H9N5OS/c1-6-3-4-8(12-10(6)17-20-18-12)11-13-9(15-19-16-13)7(2)5-14-11/h3-5H,1-2H3. The van der Waals surface area contributed by atoms with Gasteiger partial charge in [-0.3, -0.25) is 4.98 Å². The lowest BCUT2D eigenvalue weighted by Crippen LogP contribution is -1.90.